The lowest BCUT2D eigenvalue weighted by molar-refractivity contribution is 1.49. The van der Waals surface area contributed by atoms with E-state index in [1.165, 1.54) is 0 Å². The Morgan fingerprint density at radius 2 is 1.04 bits per heavy atom. The second-order valence-corrected chi connectivity index (χ2v) is 6.21. The van der Waals surface area contributed by atoms with Crippen LogP contribution in [-0.2, 0) is 0 Å². The van der Waals surface area contributed by atoms with Crippen LogP contribution in [0.15, 0.2) is 48.5 Å². The van der Waals surface area contributed by atoms with Crippen LogP contribution in [0.25, 0.3) is 22.3 Å². The van der Waals surface area contributed by atoms with Gasteiger partial charge in [0.2, 0.25) is 0 Å². The minimum Gasteiger partial charge on any atom is -0.0893 e. The van der Waals surface area contributed by atoms with Crippen molar-refractivity contribution in [2.24, 2.45) is 0 Å². The molecule has 0 aromatic heterocycles. The second kappa shape index (κ2) is 6.43. The Bertz CT molecular complexity index is 906. The summed E-state index contributed by atoms with van der Waals surface area (Å²) in [6.45, 7) is 3.98. The molecule has 0 aliphatic rings. The van der Waals surface area contributed by atoms with Crippen molar-refractivity contribution in [3.8, 4) is 22.3 Å². The summed E-state index contributed by atoms with van der Waals surface area (Å²) >= 11 is 0. The maximum absolute atomic E-state index is 6.29. The highest BCUT2D eigenvalue weighted by molar-refractivity contribution is 6.44. The molecule has 0 unspecified atom stereocenters. The molecular formula is C20H14B4. The smallest absolute Gasteiger partial charge is 0.0893 e. The zero-order valence-corrected chi connectivity index (χ0v) is 13.9. The molecule has 0 saturated heterocycles. The summed E-state index contributed by atoms with van der Waals surface area (Å²) < 4.78 is 0. The molecule has 106 valence electrons. The summed E-state index contributed by atoms with van der Waals surface area (Å²) in [4.78, 5) is 0. The summed E-state index contributed by atoms with van der Waals surface area (Å²) in [5.74, 6) is 0. The fourth-order valence-electron chi connectivity index (χ4n) is 3.07. The minimum absolute atomic E-state index is 0.641. The first-order valence-electron chi connectivity index (χ1n) is 7.79. The third kappa shape index (κ3) is 3.11. The lowest BCUT2D eigenvalue weighted by Crippen LogP contribution is -2.21. The largest absolute Gasteiger partial charge is 0.114 e. The van der Waals surface area contributed by atoms with Crippen LogP contribution in [0.4, 0.5) is 0 Å². The molecule has 0 aliphatic heterocycles. The quantitative estimate of drug-likeness (QED) is 0.614. The number of hydrogen-bond donors (Lipinski definition) is 0. The first kappa shape index (κ1) is 16.8. The SMILES string of the molecule is [B]c1cc(C)ccc1-c1ccc(-c2c([B])cc(C)cc2[B])cc1[B]. The van der Waals surface area contributed by atoms with Gasteiger partial charge in [0.25, 0.3) is 0 Å². The number of aryl methyl sites for hydroxylation is 2. The van der Waals surface area contributed by atoms with Gasteiger partial charge in [-0.25, -0.2) is 0 Å². The molecule has 0 amide bonds. The van der Waals surface area contributed by atoms with Crippen molar-refractivity contribution in [2.45, 2.75) is 13.8 Å². The minimum atomic E-state index is 0.641. The van der Waals surface area contributed by atoms with E-state index in [1.807, 2.05) is 62.4 Å². The third-order valence-electron chi connectivity index (χ3n) is 4.18. The van der Waals surface area contributed by atoms with Gasteiger partial charge in [0.15, 0.2) is 0 Å². The summed E-state index contributed by atoms with van der Waals surface area (Å²) in [5, 5.41) is 0. The monoisotopic (exact) mass is 298 g/mol. The van der Waals surface area contributed by atoms with Gasteiger partial charge >= 0.3 is 0 Å². The Kier molecular flexibility index (Phi) is 4.49. The molecular weight excluding hydrogens is 283 g/mol. The average Bonchev–Trinajstić information content (AvgIpc) is 2.47. The van der Waals surface area contributed by atoms with Crippen LogP contribution in [0.1, 0.15) is 11.1 Å². The Morgan fingerprint density at radius 1 is 0.542 bits per heavy atom. The summed E-state index contributed by atoms with van der Waals surface area (Å²) in [5.41, 5.74) is 8.34. The fourth-order valence-corrected chi connectivity index (χ4v) is 3.07. The molecule has 8 radical (unpaired) electrons. The summed E-state index contributed by atoms with van der Waals surface area (Å²) in [7, 11) is 24.7. The highest BCUT2D eigenvalue weighted by atomic mass is 14.1. The van der Waals surface area contributed by atoms with E-state index in [9.17, 15) is 0 Å². The average molecular weight is 298 g/mol. The Morgan fingerprint density at radius 3 is 1.58 bits per heavy atom. The van der Waals surface area contributed by atoms with Gasteiger partial charge in [-0.05, 0) is 36.1 Å². The maximum Gasteiger partial charge on any atom is 0.114 e. The van der Waals surface area contributed by atoms with Crippen molar-refractivity contribution in [1.82, 2.24) is 0 Å². The van der Waals surface area contributed by atoms with E-state index in [1.54, 1.807) is 0 Å². The molecule has 0 heterocycles. The van der Waals surface area contributed by atoms with Gasteiger partial charge in [0, 0.05) is 0 Å². The first-order chi connectivity index (χ1) is 11.4. The van der Waals surface area contributed by atoms with Crippen molar-refractivity contribution in [1.29, 1.82) is 0 Å². The van der Waals surface area contributed by atoms with Crippen LogP contribution < -0.4 is 21.9 Å². The molecule has 0 fully saturated rings. The molecule has 0 spiro atoms. The standard InChI is InChI=1S/C20H14B4/c1-11-3-5-14(16(21)7-11)15-6-4-13(10-17(15)22)20-18(23)8-12(2)9-19(20)24/h3-10H,1-2H3. The molecule has 24 heavy (non-hydrogen) atoms. The van der Waals surface area contributed by atoms with E-state index < -0.39 is 0 Å². The molecule has 0 aliphatic carbocycles. The zero-order valence-electron chi connectivity index (χ0n) is 13.9. The van der Waals surface area contributed by atoms with Gasteiger partial charge in [0.1, 0.15) is 31.4 Å². The van der Waals surface area contributed by atoms with Gasteiger partial charge in [-0.3, -0.25) is 0 Å². The van der Waals surface area contributed by atoms with E-state index >= 15 is 0 Å². The molecule has 0 bridgehead atoms. The predicted molar refractivity (Wildman–Crippen MR) is 108 cm³/mol. The number of hydrogen-bond acceptors (Lipinski definition) is 0. The summed E-state index contributed by atoms with van der Waals surface area (Å²) in [6, 6.07) is 15.6. The van der Waals surface area contributed by atoms with E-state index in [0.717, 1.165) is 33.4 Å². The van der Waals surface area contributed by atoms with Crippen molar-refractivity contribution >= 4 is 53.2 Å². The molecule has 0 N–H and O–H groups in total. The number of benzene rings is 3. The van der Waals surface area contributed by atoms with E-state index in [4.69, 9.17) is 31.4 Å². The van der Waals surface area contributed by atoms with Crippen molar-refractivity contribution in [3.63, 3.8) is 0 Å². The molecule has 4 heteroatoms. The van der Waals surface area contributed by atoms with Crippen LogP contribution in [-0.4, -0.2) is 31.4 Å². The highest BCUT2D eigenvalue weighted by Gasteiger charge is 2.09. The Labute approximate surface area is 149 Å². The van der Waals surface area contributed by atoms with Gasteiger partial charge in [0.05, 0.1) is 0 Å². The van der Waals surface area contributed by atoms with Gasteiger partial charge in [-0.2, -0.15) is 0 Å². The van der Waals surface area contributed by atoms with Crippen LogP contribution in [0.5, 0.6) is 0 Å². The van der Waals surface area contributed by atoms with Crippen LogP contribution in [0, 0.1) is 13.8 Å². The first-order valence-corrected chi connectivity index (χ1v) is 7.79. The lowest BCUT2D eigenvalue weighted by atomic mass is 9.74. The van der Waals surface area contributed by atoms with Crippen LogP contribution >= 0.6 is 0 Å². The third-order valence-corrected chi connectivity index (χ3v) is 4.18. The van der Waals surface area contributed by atoms with Crippen LogP contribution in [0.2, 0.25) is 0 Å². The molecule has 3 rings (SSSR count). The lowest BCUT2D eigenvalue weighted by Gasteiger charge is -2.16. The van der Waals surface area contributed by atoms with E-state index in [0.29, 0.717) is 21.9 Å². The van der Waals surface area contributed by atoms with Gasteiger partial charge < -0.3 is 0 Å². The van der Waals surface area contributed by atoms with Gasteiger partial charge in [-0.15, -0.1) is 0 Å². The van der Waals surface area contributed by atoms with E-state index in [2.05, 4.69) is 0 Å². The van der Waals surface area contributed by atoms with E-state index in [-0.39, 0.29) is 0 Å². The molecule has 0 atom stereocenters. The van der Waals surface area contributed by atoms with Crippen molar-refractivity contribution in [2.75, 3.05) is 0 Å². The van der Waals surface area contributed by atoms with Crippen LogP contribution in [0.3, 0.4) is 0 Å². The topological polar surface area (TPSA) is 0 Å². The predicted octanol–water partition coefficient (Wildman–Crippen LogP) is 0.813. The highest BCUT2D eigenvalue weighted by Crippen LogP contribution is 2.21. The molecule has 0 saturated carbocycles. The maximum atomic E-state index is 6.29. The zero-order chi connectivity index (χ0) is 17.4. The van der Waals surface area contributed by atoms with Crippen molar-refractivity contribution in [3.05, 3.63) is 59.7 Å². The number of rotatable bonds is 2. The molecule has 0 nitrogen and oxygen atoms in total. The Balaban J connectivity index is 2.11. The Hall–Kier alpha value is -2.08. The molecule has 3 aromatic rings. The second-order valence-electron chi connectivity index (χ2n) is 6.21. The summed E-state index contributed by atoms with van der Waals surface area (Å²) in [6.07, 6.45) is 0. The fraction of sp³-hybridized carbons (Fsp3) is 0.100. The molecule has 3 aromatic carbocycles. The van der Waals surface area contributed by atoms with Crippen molar-refractivity contribution < 1.29 is 0 Å². The van der Waals surface area contributed by atoms with Gasteiger partial charge in [-0.1, -0.05) is 81.5 Å². The normalized spacial score (nSPS) is 10.8.